The summed E-state index contributed by atoms with van der Waals surface area (Å²) in [6.45, 7) is 0.430. The van der Waals surface area contributed by atoms with Gasteiger partial charge in [0.05, 0.1) is 18.4 Å². The lowest BCUT2D eigenvalue weighted by molar-refractivity contribution is -0.118. The standard InChI is InChI=1S/C23H21N3O3S2/c1-26-22(28)21-18(12-19(31-21)16-6-4-3-5-7-16)25-23(26)30-14-20(27)24-13-15-8-10-17(29-2)11-9-15/h3-12H,13-14H2,1-2H3,(H,24,27). The third-order valence-electron chi connectivity index (χ3n) is 4.75. The maximum Gasteiger partial charge on any atom is 0.271 e. The SMILES string of the molecule is COc1ccc(CNC(=O)CSc2nc3cc(-c4ccccc4)sc3c(=O)n2C)cc1. The minimum atomic E-state index is -0.120. The van der Waals surface area contributed by atoms with E-state index in [4.69, 9.17) is 4.74 Å². The van der Waals surface area contributed by atoms with E-state index in [2.05, 4.69) is 10.3 Å². The van der Waals surface area contributed by atoms with Gasteiger partial charge in [0, 0.05) is 18.5 Å². The Balaban J connectivity index is 1.44. The van der Waals surface area contributed by atoms with Crippen molar-refractivity contribution in [2.24, 2.45) is 7.05 Å². The van der Waals surface area contributed by atoms with Gasteiger partial charge in [0.25, 0.3) is 5.56 Å². The lowest BCUT2D eigenvalue weighted by Gasteiger charge is -2.08. The average molecular weight is 452 g/mol. The zero-order valence-electron chi connectivity index (χ0n) is 17.1. The number of thioether (sulfide) groups is 1. The molecule has 6 nitrogen and oxygen atoms in total. The van der Waals surface area contributed by atoms with Gasteiger partial charge in [0.15, 0.2) is 5.16 Å². The molecule has 2 aromatic heterocycles. The summed E-state index contributed by atoms with van der Waals surface area (Å²) >= 11 is 2.69. The van der Waals surface area contributed by atoms with E-state index in [0.29, 0.717) is 21.9 Å². The van der Waals surface area contributed by atoms with E-state index in [1.807, 2.05) is 60.7 Å². The van der Waals surface area contributed by atoms with Crippen molar-refractivity contribution < 1.29 is 9.53 Å². The predicted octanol–water partition coefficient (Wildman–Crippen LogP) is 4.08. The number of ether oxygens (including phenoxy) is 1. The lowest BCUT2D eigenvalue weighted by Crippen LogP contribution is -2.25. The molecule has 1 amide bonds. The quantitative estimate of drug-likeness (QED) is 0.339. The fourth-order valence-corrected chi connectivity index (χ4v) is 4.91. The van der Waals surface area contributed by atoms with E-state index < -0.39 is 0 Å². The molecular formula is C23H21N3O3S2. The Morgan fingerprint density at radius 3 is 2.61 bits per heavy atom. The van der Waals surface area contributed by atoms with Crippen LogP contribution in [-0.4, -0.2) is 28.3 Å². The number of benzene rings is 2. The van der Waals surface area contributed by atoms with Crippen LogP contribution in [0.5, 0.6) is 5.75 Å². The molecule has 1 N–H and O–H groups in total. The van der Waals surface area contributed by atoms with E-state index in [1.54, 1.807) is 14.2 Å². The third-order valence-corrected chi connectivity index (χ3v) is 6.95. The number of thiophene rings is 1. The number of carbonyl (C=O) groups is 1. The molecule has 0 aliphatic heterocycles. The van der Waals surface area contributed by atoms with Gasteiger partial charge in [0.2, 0.25) is 5.91 Å². The Labute approximate surface area is 187 Å². The maximum absolute atomic E-state index is 12.8. The molecule has 0 aliphatic carbocycles. The van der Waals surface area contributed by atoms with Crippen LogP contribution in [0.1, 0.15) is 5.56 Å². The molecule has 2 aromatic carbocycles. The Kier molecular flexibility index (Phi) is 6.39. The summed E-state index contributed by atoms with van der Waals surface area (Å²) in [5.41, 5.74) is 2.60. The monoisotopic (exact) mass is 451 g/mol. The molecule has 2 heterocycles. The van der Waals surface area contributed by atoms with Gasteiger partial charge in [0.1, 0.15) is 10.4 Å². The zero-order chi connectivity index (χ0) is 21.8. The fraction of sp³-hybridized carbons (Fsp3) is 0.174. The number of fused-ring (bicyclic) bond motifs is 1. The number of hydrogen-bond acceptors (Lipinski definition) is 6. The molecule has 0 saturated carbocycles. The lowest BCUT2D eigenvalue weighted by atomic mass is 10.2. The Hall–Kier alpha value is -3.10. The normalized spacial score (nSPS) is 10.9. The maximum atomic E-state index is 12.8. The third kappa shape index (κ3) is 4.81. The summed E-state index contributed by atoms with van der Waals surface area (Å²) < 4.78 is 7.26. The van der Waals surface area contributed by atoms with E-state index in [1.165, 1.54) is 27.7 Å². The molecule has 0 radical (unpaired) electrons. The largest absolute Gasteiger partial charge is 0.497 e. The van der Waals surface area contributed by atoms with Gasteiger partial charge in [-0.25, -0.2) is 4.98 Å². The van der Waals surface area contributed by atoms with Crippen LogP contribution in [0.2, 0.25) is 0 Å². The van der Waals surface area contributed by atoms with Crippen molar-refractivity contribution in [2.45, 2.75) is 11.7 Å². The minimum absolute atomic E-state index is 0.0988. The molecule has 0 unspecified atom stereocenters. The van der Waals surface area contributed by atoms with Crippen LogP contribution in [0.4, 0.5) is 0 Å². The first-order chi connectivity index (χ1) is 15.0. The second kappa shape index (κ2) is 9.36. The van der Waals surface area contributed by atoms with Crippen LogP contribution in [0.25, 0.3) is 20.7 Å². The summed E-state index contributed by atoms with van der Waals surface area (Å²) in [6, 6.07) is 19.4. The molecule has 4 aromatic rings. The number of amides is 1. The van der Waals surface area contributed by atoms with Crippen LogP contribution in [0.15, 0.2) is 70.6 Å². The number of methoxy groups -OCH3 is 1. The van der Waals surface area contributed by atoms with Crippen LogP contribution >= 0.6 is 23.1 Å². The van der Waals surface area contributed by atoms with Gasteiger partial charge in [-0.15, -0.1) is 11.3 Å². The number of nitrogens with zero attached hydrogens (tertiary/aromatic N) is 2. The zero-order valence-corrected chi connectivity index (χ0v) is 18.8. The highest BCUT2D eigenvalue weighted by Crippen LogP contribution is 2.31. The highest BCUT2D eigenvalue weighted by Gasteiger charge is 2.14. The number of rotatable bonds is 7. The van der Waals surface area contributed by atoms with Crippen LogP contribution in [-0.2, 0) is 18.4 Å². The molecule has 0 atom stereocenters. The molecule has 0 bridgehead atoms. The van der Waals surface area contributed by atoms with Gasteiger partial charge < -0.3 is 10.1 Å². The molecule has 0 fully saturated rings. The summed E-state index contributed by atoms with van der Waals surface area (Å²) in [6.07, 6.45) is 0. The Bertz CT molecular complexity index is 1270. The van der Waals surface area contributed by atoms with E-state index in [0.717, 1.165) is 21.8 Å². The first-order valence-electron chi connectivity index (χ1n) is 9.63. The topological polar surface area (TPSA) is 73.2 Å². The van der Waals surface area contributed by atoms with Crippen molar-refractivity contribution in [1.29, 1.82) is 0 Å². The first-order valence-corrected chi connectivity index (χ1v) is 11.4. The van der Waals surface area contributed by atoms with Gasteiger partial charge >= 0.3 is 0 Å². The highest BCUT2D eigenvalue weighted by molar-refractivity contribution is 7.99. The van der Waals surface area contributed by atoms with Crippen molar-refractivity contribution in [3.8, 4) is 16.2 Å². The summed E-state index contributed by atoms with van der Waals surface area (Å²) in [4.78, 5) is 30.7. The Morgan fingerprint density at radius 1 is 1.16 bits per heavy atom. The number of hydrogen-bond donors (Lipinski definition) is 1. The molecule has 158 valence electrons. The van der Waals surface area contributed by atoms with Crippen molar-refractivity contribution in [3.63, 3.8) is 0 Å². The van der Waals surface area contributed by atoms with Crippen molar-refractivity contribution in [3.05, 3.63) is 76.6 Å². The molecule has 0 spiro atoms. The molecule has 0 saturated heterocycles. The van der Waals surface area contributed by atoms with Crippen molar-refractivity contribution in [1.82, 2.24) is 14.9 Å². The Morgan fingerprint density at radius 2 is 1.90 bits per heavy atom. The number of aromatic nitrogens is 2. The molecule has 0 aliphatic rings. The summed E-state index contributed by atoms with van der Waals surface area (Å²) in [7, 11) is 3.31. The second-order valence-electron chi connectivity index (χ2n) is 6.86. The smallest absolute Gasteiger partial charge is 0.271 e. The molecule has 4 rings (SSSR count). The second-order valence-corrected chi connectivity index (χ2v) is 8.86. The number of nitrogens with one attached hydrogen (secondary N) is 1. The van der Waals surface area contributed by atoms with Crippen LogP contribution in [0.3, 0.4) is 0 Å². The van der Waals surface area contributed by atoms with E-state index >= 15 is 0 Å². The van der Waals surface area contributed by atoms with Crippen molar-refractivity contribution in [2.75, 3.05) is 12.9 Å². The van der Waals surface area contributed by atoms with Gasteiger partial charge in [-0.2, -0.15) is 0 Å². The fourth-order valence-electron chi connectivity index (χ4n) is 3.03. The number of carbonyl (C=O) groups excluding carboxylic acids is 1. The first kappa shape index (κ1) is 21.1. The van der Waals surface area contributed by atoms with Gasteiger partial charge in [-0.05, 0) is 29.3 Å². The molecule has 31 heavy (non-hydrogen) atoms. The predicted molar refractivity (Wildman–Crippen MR) is 126 cm³/mol. The van der Waals surface area contributed by atoms with Crippen LogP contribution in [0, 0.1) is 0 Å². The summed E-state index contributed by atoms with van der Waals surface area (Å²) in [5, 5.41) is 3.41. The van der Waals surface area contributed by atoms with Gasteiger partial charge in [-0.1, -0.05) is 54.2 Å². The van der Waals surface area contributed by atoms with Crippen LogP contribution < -0.4 is 15.6 Å². The minimum Gasteiger partial charge on any atom is -0.497 e. The molecular weight excluding hydrogens is 430 g/mol. The average Bonchev–Trinajstić information content (AvgIpc) is 3.24. The van der Waals surface area contributed by atoms with E-state index in [9.17, 15) is 9.59 Å². The highest BCUT2D eigenvalue weighted by atomic mass is 32.2. The van der Waals surface area contributed by atoms with Gasteiger partial charge in [-0.3, -0.25) is 14.2 Å². The van der Waals surface area contributed by atoms with E-state index in [-0.39, 0.29) is 17.2 Å². The summed E-state index contributed by atoms with van der Waals surface area (Å²) in [5.74, 6) is 0.833. The molecule has 8 heteroatoms. The van der Waals surface area contributed by atoms with Crippen molar-refractivity contribution >= 4 is 39.2 Å².